The van der Waals surface area contributed by atoms with Gasteiger partial charge in [-0.05, 0) is 18.1 Å². The van der Waals surface area contributed by atoms with Crippen LogP contribution in [0.25, 0.3) is 0 Å². The highest BCUT2D eigenvalue weighted by molar-refractivity contribution is 8.02. The largest absolute Gasteiger partial charge is 0.537 e. The van der Waals surface area contributed by atoms with Crippen LogP contribution < -0.4 is 9.39 Å². The Hall–Kier alpha value is -2.31. The highest BCUT2D eigenvalue weighted by Gasteiger charge is 2.39. The molecular weight excluding hydrogens is 395 g/mol. The first-order chi connectivity index (χ1) is 13.0. The minimum absolute atomic E-state index is 0.0283. The SMILES string of the molecule is COc1ccc2c(c1C(=O)OCOC(C)=O)OB(O)[C@@H](Sc1nncs1)C2. The molecule has 9 nitrogen and oxygen atoms in total. The number of fused-ring (bicyclic) bond motifs is 1. The molecule has 12 heteroatoms. The highest BCUT2D eigenvalue weighted by Crippen LogP contribution is 2.40. The zero-order valence-electron chi connectivity index (χ0n) is 14.4. The van der Waals surface area contributed by atoms with E-state index in [9.17, 15) is 14.6 Å². The summed E-state index contributed by atoms with van der Waals surface area (Å²) in [6, 6.07) is 3.38. The number of nitrogens with zero attached hydrogens (tertiary/aromatic N) is 2. The molecule has 0 unspecified atom stereocenters. The Kier molecular flexibility index (Phi) is 6.19. The Morgan fingerprint density at radius 3 is 2.93 bits per heavy atom. The van der Waals surface area contributed by atoms with E-state index in [-0.39, 0.29) is 22.2 Å². The third-order valence-electron chi connectivity index (χ3n) is 3.65. The van der Waals surface area contributed by atoms with Crippen LogP contribution >= 0.6 is 23.1 Å². The van der Waals surface area contributed by atoms with E-state index in [1.54, 1.807) is 17.6 Å². The van der Waals surface area contributed by atoms with Crippen molar-refractivity contribution in [2.75, 3.05) is 13.9 Å². The maximum Gasteiger partial charge on any atom is 0.537 e. The third kappa shape index (κ3) is 4.52. The number of hydrogen-bond acceptors (Lipinski definition) is 11. The molecule has 0 amide bonds. The zero-order chi connectivity index (χ0) is 19.4. The molecule has 2 heterocycles. The summed E-state index contributed by atoms with van der Waals surface area (Å²) >= 11 is 2.71. The van der Waals surface area contributed by atoms with E-state index in [1.807, 2.05) is 0 Å². The van der Waals surface area contributed by atoms with E-state index in [0.29, 0.717) is 16.3 Å². The molecule has 1 N–H and O–H groups in total. The molecule has 142 valence electrons. The summed E-state index contributed by atoms with van der Waals surface area (Å²) in [6.07, 6.45) is 0.439. The van der Waals surface area contributed by atoms with Gasteiger partial charge >= 0.3 is 19.1 Å². The standard InChI is InChI=1S/C15H15BN2O7S2/c1-8(19)23-7-24-14(20)12-10(22-2)4-3-9-5-11(16(21)25-13(9)12)27-15-18-17-6-26-15/h3-4,6,11,21H,5,7H2,1-2H3/t11-/m0/s1. The lowest BCUT2D eigenvalue weighted by Crippen LogP contribution is -2.40. The predicted octanol–water partition coefficient (Wildman–Crippen LogP) is 1.34. The van der Waals surface area contributed by atoms with Crippen LogP contribution in [0.4, 0.5) is 0 Å². The molecule has 0 fully saturated rings. The summed E-state index contributed by atoms with van der Waals surface area (Å²) < 4.78 is 21.1. The Morgan fingerprint density at radius 1 is 1.44 bits per heavy atom. The molecule has 0 spiro atoms. The number of esters is 2. The summed E-state index contributed by atoms with van der Waals surface area (Å²) in [5, 5.41) is 17.8. The molecule has 1 atom stereocenters. The van der Waals surface area contributed by atoms with Gasteiger partial charge in [0.2, 0.25) is 6.79 Å². The van der Waals surface area contributed by atoms with Crippen LogP contribution in [0.15, 0.2) is 22.0 Å². The Labute approximate surface area is 163 Å². The van der Waals surface area contributed by atoms with Gasteiger partial charge in [-0.15, -0.1) is 10.2 Å². The molecule has 2 aromatic rings. The summed E-state index contributed by atoms with van der Waals surface area (Å²) in [5.41, 5.74) is 2.34. The van der Waals surface area contributed by atoms with Gasteiger partial charge in [-0.2, -0.15) is 0 Å². The van der Waals surface area contributed by atoms with Crippen molar-refractivity contribution >= 4 is 42.2 Å². The minimum Gasteiger partial charge on any atom is -0.534 e. The zero-order valence-corrected chi connectivity index (χ0v) is 16.0. The number of carbonyl (C=O) groups excluding carboxylic acids is 2. The second kappa shape index (κ2) is 8.59. The number of rotatable bonds is 6. The molecule has 27 heavy (non-hydrogen) atoms. The summed E-state index contributed by atoms with van der Waals surface area (Å²) in [5.74, 6) is -0.951. The smallest absolute Gasteiger partial charge is 0.534 e. The van der Waals surface area contributed by atoms with E-state index in [2.05, 4.69) is 14.9 Å². The number of hydrogen-bond donors (Lipinski definition) is 1. The van der Waals surface area contributed by atoms with Crippen LogP contribution in [0.2, 0.25) is 0 Å². The fourth-order valence-corrected chi connectivity index (χ4v) is 4.25. The summed E-state index contributed by atoms with van der Waals surface area (Å²) in [7, 11) is 0.233. The van der Waals surface area contributed by atoms with E-state index < -0.39 is 25.8 Å². The first kappa shape index (κ1) is 19.5. The van der Waals surface area contributed by atoms with E-state index in [1.165, 1.54) is 37.1 Å². The lowest BCUT2D eigenvalue weighted by atomic mass is 9.77. The summed E-state index contributed by atoms with van der Waals surface area (Å²) in [6.45, 7) is 0.674. The molecule has 1 aliphatic heterocycles. The van der Waals surface area contributed by atoms with Crippen molar-refractivity contribution in [3.05, 3.63) is 28.8 Å². The van der Waals surface area contributed by atoms with Crippen molar-refractivity contribution in [3.63, 3.8) is 0 Å². The van der Waals surface area contributed by atoms with Crippen LogP contribution in [-0.2, 0) is 20.7 Å². The van der Waals surface area contributed by atoms with Crippen LogP contribution in [-0.4, -0.2) is 53.3 Å². The Balaban J connectivity index is 1.83. The van der Waals surface area contributed by atoms with E-state index in [0.717, 1.165) is 0 Å². The molecule has 0 saturated carbocycles. The van der Waals surface area contributed by atoms with Crippen molar-refractivity contribution in [3.8, 4) is 11.5 Å². The molecule has 0 aliphatic carbocycles. The molecule has 0 bridgehead atoms. The van der Waals surface area contributed by atoms with Gasteiger partial charge in [-0.3, -0.25) is 4.79 Å². The minimum atomic E-state index is -1.17. The number of carbonyl (C=O) groups is 2. The fourth-order valence-electron chi connectivity index (χ4n) is 2.46. The van der Waals surface area contributed by atoms with Gasteiger partial charge in [0.05, 0.1) is 12.3 Å². The van der Waals surface area contributed by atoms with Crippen LogP contribution in [0.5, 0.6) is 11.5 Å². The van der Waals surface area contributed by atoms with Crippen molar-refractivity contribution in [1.82, 2.24) is 10.2 Å². The molecule has 0 radical (unpaired) electrons. The molecule has 0 saturated heterocycles. The van der Waals surface area contributed by atoms with Gasteiger partial charge < -0.3 is 23.9 Å². The van der Waals surface area contributed by atoms with Gasteiger partial charge in [0.1, 0.15) is 22.6 Å². The average molecular weight is 410 g/mol. The number of aromatic nitrogens is 2. The van der Waals surface area contributed by atoms with Crippen molar-refractivity contribution < 1.29 is 33.5 Å². The number of ether oxygens (including phenoxy) is 3. The maximum atomic E-state index is 12.4. The normalized spacial score (nSPS) is 15.5. The Bertz CT molecular complexity index is 834. The topological polar surface area (TPSA) is 117 Å². The molecule has 1 aromatic carbocycles. The number of benzene rings is 1. The number of methoxy groups -OCH3 is 1. The molecule has 1 aliphatic rings. The van der Waals surface area contributed by atoms with Gasteiger partial charge in [0.25, 0.3) is 0 Å². The fraction of sp³-hybridized carbons (Fsp3) is 0.333. The molecular formula is C15H15BN2O7S2. The average Bonchev–Trinajstić information content (AvgIpc) is 3.14. The number of thioether (sulfide) groups is 1. The third-order valence-corrected chi connectivity index (χ3v) is 5.69. The van der Waals surface area contributed by atoms with Gasteiger partial charge in [-0.1, -0.05) is 29.2 Å². The van der Waals surface area contributed by atoms with Crippen LogP contribution in [0, 0.1) is 0 Å². The summed E-state index contributed by atoms with van der Waals surface area (Å²) in [4.78, 5) is 23.3. The highest BCUT2D eigenvalue weighted by atomic mass is 32.2. The Morgan fingerprint density at radius 2 is 2.26 bits per heavy atom. The van der Waals surface area contributed by atoms with Crippen molar-refractivity contribution in [2.24, 2.45) is 0 Å². The first-order valence-electron chi connectivity index (χ1n) is 7.77. The van der Waals surface area contributed by atoms with Crippen molar-refractivity contribution in [2.45, 2.75) is 22.8 Å². The second-order valence-corrected chi connectivity index (χ2v) is 7.71. The van der Waals surface area contributed by atoms with Gasteiger partial charge in [0.15, 0.2) is 4.34 Å². The maximum absolute atomic E-state index is 12.4. The van der Waals surface area contributed by atoms with Gasteiger partial charge in [-0.25, -0.2) is 4.79 Å². The predicted molar refractivity (Wildman–Crippen MR) is 96.9 cm³/mol. The van der Waals surface area contributed by atoms with Crippen molar-refractivity contribution in [1.29, 1.82) is 0 Å². The van der Waals surface area contributed by atoms with Crippen LogP contribution in [0.1, 0.15) is 22.8 Å². The molecule has 1 aromatic heterocycles. The van der Waals surface area contributed by atoms with Crippen LogP contribution in [0.3, 0.4) is 0 Å². The quantitative estimate of drug-likeness (QED) is 0.425. The molecule has 3 rings (SSSR count). The second-order valence-electron chi connectivity index (χ2n) is 5.39. The lowest BCUT2D eigenvalue weighted by Gasteiger charge is -2.28. The van der Waals surface area contributed by atoms with E-state index in [4.69, 9.17) is 14.1 Å². The monoisotopic (exact) mass is 410 g/mol. The van der Waals surface area contributed by atoms with E-state index >= 15 is 0 Å². The lowest BCUT2D eigenvalue weighted by molar-refractivity contribution is -0.149. The first-order valence-corrected chi connectivity index (χ1v) is 9.53. The van der Waals surface area contributed by atoms with Gasteiger partial charge in [0, 0.05) is 6.92 Å².